The second kappa shape index (κ2) is 7.49. The third-order valence-electron chi connectivity index (χ3n) is 4.53. The van der Waals surface area contributed by atoms with Gasteiger partial charge in [-0.05, 0) is 67.6 Å². The molecule has 0 unspecified atom stereocenters. The van der Waals surface area contributed by atoms with Crippen molar-refractivity contribution in [3.63, 3.8) is 0 Å². The van der Waals surface area contributed by atoms with Crippen molar-refractivity contribution in [2.75, 3.05) is 0 Å². The molecule has 0 atom stereocenters. The van der Waals surface area contributed by atoms with Crippen LogP contribution in [0.25, 0.3) is 0 Å². The van der Waals surface area contributed by atoms with E-state index in [4.69, 9.17) is 0 Å². The molecule has 25 heavy (non-hydrogen) atoms. The molecular formula is C22H26N2S. The van der Waals surface area contributed by atoms with Gasteiger partial charge in [-0.15, -0.1) is 0 Å². The van der Waals surface area contributed by atoms with E-state index in [1.165, 1.54) is 37.9 Å². The number of rotatable bonds is 5. The van der Waals surface area contributed by atoms with Crippen LogP contribution in [0.15, 0.2) is 58.7 Å². The molecule has 0 aliphatic rings. The molecule has 0 aliphatic heterocycles. The zero-order valence-corrected chi connectivity index (χ0v) is 16.5. The summed E-state index contributed by atoms with van der Waals surface area (Å²) >= 11 is 1.89. The summed E-state index contributed by atoms with van der Waals surface area (Å²) in [6, 6.07) is 13.3. The second-order valence-corrected chi connectivity index (χ2v) is 8.04. The molecule has 0 amide bonds. The van der Waals surface area contributed by atoms with Gasteiger partial charge < -0.3 is 4.57 Å². The van der Waals surface area contributed by atoms with Crippen LogP contribution in [-0.4, -0.2) is 9.55 Å². The number of benzene rings is 1. The maximum Gasteiger partial charge on any atom is 0.0837 e. The molecule has 0 saturated heterocycles. The highest BCUT2D eigenvalue weighted by atomic mass is 32.2. The lowest BCUT2D eigenvalue weighted by Gasteiger charge is -2.15. The van der Waals surface area contributed by atoms with Gasteiger partial charge in [-0.25, -0.2) is 0 Å². The summed E-state index contributed by atoms with van der Waals surface area (Å²) in [7, 11) is 0. The van der Waals surface area contributed by atoms with Crippen molar-refractivity contribution in [3.8, 4) is 0 Å². The number of hydrogen-bond donors (Lipinski definition) is 0. The fourth-order valence-corrected chi connectivity index (χ4v) is 4.39. The Morgan fingerprint density at radius 2 is 1.72 bits per heavy atom. The summed E-state index contributed by atoms with van der Waals surface area (Å²) in [6.07, 6.45) is 3.74. The Balaban J connectivity index is 2.03. The smallest absolute Gasteiger partial charge is 0.0837 e. The van der Waals surface area contributed by atoms with Crippen LogP contribution in [0.2, 0.25) is 0 Å². The lowest BCUT2D eigenvalue weighted by atomic mass is 10.1. The zero-order valence-electron chi connectivity index (χ0n) is 15.7. The molecule has 2 aromatic heterocycles. The van der Waals surface area contributed by atoms with Gasteiger partial charge in [-0.1, -0.05) is 43.3 Å². The molecule has 0 fully saturated rings. The van der Waals surface area contributed by atoms with Crippen molar-refractivity contribution in [1.29, 1.82) is 0 Å². The molecule has 0 N–H and O–H groups in total. The predicted molar refractivity (Wildman–Crippen MR) is 107 cm³/mol. The Morgan fingerprint density at radius 1 is 1.00 bits per heavy atom. The Morgan fingerprint density at radius 3 is 2.36 bits per heavy atom. The van der Waals surface area contributed by atoms with Gasteiger partial charge in [0, 0.05) is 29.5 Å². The van der Waals surface area contributed by atoms with Crippen molar-refractivity contribution in [3.05, 3.63) is 76.7 Å². The molecule has 2 nitrogen and oxygen atoms in total. The topological polar surface area (TPSA) is 17.8 Å². The van der Waals surface area contributed by atoms with Crippen molar-refractivity contribution >= 4 is 11.8 Å². The van der Waals surface area contributed by atoms with E-state index in [0.29, 0.717) is 5.92 Å². The fourth-order valence-electron chi connectivity index (χ4n) is 3.09. The first kappa shape index (κ1) is 17.8. The Kier molecular flexibility index (Phi) is 5.33. The highest BCUT2D eigenvalue weighted by Gasteiger charge is 2.17. The molecule has 3 aromatic rings. The lowest BCUT2D eigenvalue weighted by Crippen LogP contribution is -2.04. The van der Waals surface area contributed by atoms with E-state index in [-0.39, 0.29) is 0 Å². The molecule has 2 heterocycles. The fraction of sp³-hybridized carbons (Fsp3) is 0.318. The maximum absolute atomic E-state index is 4.14. The first-order chi connectivity index (χ1) is 12.0. The van der Waals surface area contributed by atoms with E-state index in [0.717, 1.165) is 6.54 Å². The summed E-state index contributed by atoms with van der Waals surface area (Å²) in [4.78, 5) is 5.47. The van der Waals surface area contributed by atoms with Crippen LogP contribution in [0, 0.1) is 20.8 Å². The minimum Gasteiger partial charge on any atom is -0.335 e. The van der Waals surface area contributed by atoms with Crippen molar-refractivity contribution in [2.45, 2.75) is 57.0 Å². The van der Waals surface area contributed by atoms with Gasteiger partial charge in [0.15, 0.2) is 0 Å². The highest BCUT2D eigenvalue weighted by molar-refractivity contribution is 7.99. The molecule has 0 saturated carbocycles. The second-order valence-electron chi connectivity index (χ2n) is 7.01. The third kappa shape index (κ3) is 3.98. The van der Waals surface area contributed by atoms with E-state index in [9.17, 15) is 0 Å². The minimum absolute atomic E-state index is 0.505. The largest absolute Gasteiger partial charge is 0.335 e. The van der Waals surface area contributed by atoms with Gasteiger partial charge >= 0.3 is 0 Å². The van der Waals surface area contributed by atoms with Gasteiger partial charge in [0.25, 0.3) is 0 Å². The summed E-state index contributed by atoms with van der Waals surface area (Å²) in [5.41, 5.74) is 6.68. The average molecular weight is 351 g/mol. The molecule has 0 aliphatic carbocycles. The van der Waals surface area contributed by atoms with Gasteiger partial charge in [0.2, 0.25) is 0 Å². The van der Waals surface area contributed by atoms with Crippen molar-refractivity contribution in [1.82, 2.24) is 9.55 Å². The first-order valence-corrected chi connectivity index (χ1v) is 9.61. The van der Waals surface area contributed by atoms with Crippen LogP contribution in [0.1, 0.15) is 47.7 Å². The molecule has 0 bridgehead atoms. The summed E-state index contributed by atoms with van der Waals surface area (Å²) in [5, 5.41) is 1.36. The molecule has 1 aromatic carbocycles. The molecule has 0 spiro atoms. The Labute approximate surface area is 155 Å². The van der Waals surface area contributed by atoms with E-state index >= 15 is 0 Å². The van der Waals surface area contributed by atoms with E-state index < -0.39 is 0 Å². The standard InChI is InChI=1S/C22H26N2S/c1-15(2)20-13-18(5)24(14-19-8-10-23-11-9-19)22(20)25-21-7-6-16(3)12-17(21)4/h6-13,15H,14H2,1-5H3. The third-order valence-corrected chi connectivity index (χ3v) is 5.86. The number of nitrogens with zero attached hydrogens (tertiary/aromatic N) is 2. The lowest BCUT2D eigenvalue weighted by molar-refractivity contribution is 0.689. The predicted octanol–water partition coefficient (Wildman–Crippen LogP) is 6.13. The Hall–Kier alpha value is -2.00. The van der Waals surface area contributed by atoms with E-state index in [1.54, 1.807) is 0 Å². The van der Waals surface area contributed by atoms with Gasteiger partial charge in [-0.3, -0.25) is 4.98 Å². The molecule has 130 valence electrons. The molecule has 0 radical (unpaired) electrons. The summed E-state index contributed by atoms with van der Waals surface area (Å²) in [6.45, 7) is 12.0. The van der Waals surface area contributed by atoms with Crippen LogP contribution >= 0.6 is 11.8 Å². The molecule has 3 rings (SSSR count). The number of pyridine rings is 1. The molecular weight excluding hydrogens is 324 g/mol. The average Bonchev–Trinajstić information content (AvgIpc) is 2.88. The number of hydrogen-bond acceptors (Lipinski definition) is 2. The minimum atomic E-state index is 0.505. The number of aryl methyl sites for hydroxylation is 3. The number of aromatic nitrogens is 2. The van der Waals surface area contributed by atoms with Gasteiger partial charge in [0.05, 0.1) is 5.03 Å². The van der Waals surface area contributed by atoms with E-state index in [1.807, 2.05) is 24.2 Å². The maximum atomic E-state index is 4.14. The van der Waals surface area contributed by atoms with Crippen molar-refractivity contribution < 1.29 is 0 Å². The monoisotopic (exact) mass is 350 g/mol. The summed E-state index contributed by atoms with van der Waals surface area (Å²) in [5.74, 6) is 0.505. The van der Waals surface area contributed by atoms with Crippen LogP contribution in [-0.2, 0) is 6.54 Å². The van der Waals surface area contributed by atoms with Gasteiger partial charge in [-0.2, -0.15) is 0 Å². The van der Waals surface area contributed by atoms with Crippen LogP contribution in [0.5, 0.6) is 0 Å². The normalized spacial score (nSPS) is 11.3. The highest BCUT2D eigenvalue weighted by Crippen LogP contribution is 2.38. The van der Waals surface area contributed by atoms with Crippen LogP contribution in [0.3, 0.4) is 0 Å². The zero-order chi connectivity index (χ0) is 18.0. The van der Waals surface area contributed by atoms with Crippen LogP contribution in [0.4, 0.5) is 0 Å². The SMILES string of the molecule is Cc1ccc(Sc2c(C(C)C)cc(C)n2Cc2ccncc2)c(C)c1. The van der Waals surface area contributed by atoms with E-state index in [2.05, 4.69) is 80.6 Å². The van der Waals surface area contributed by atoms with Crippen LogP contribution < -0.4 is 0 Å². The van der Waals surface area contributed by atoms with Gasteiger partial charge in [0.1, 0.15) is 0 Å². The molecule has 3 heteroatoms. The quantitative estimate of drug-likeness (QED) is 0.551. The summed E-state index contributed by atoms with van der Waals surface area (Å²) < 4.78 is 2.44. The first-order valence-electron chi connectivity index (χ1n) is 8.79. The Bertz CT molecular complexity index is 863. The van der Waals surface area contributed by atoms with Crippen molar-refractivity contribution in [2.24, 2.45) is 0 Å².